The van der Waals surface area contributed by atoms with Crippen LogP contribution in [0.25, 0.3) is 55.0 Å². The standard InChI is InChI=1S/C22H11BrO/c23-12-8-9-19-18(10-12)22-16-7-3-6-15-13-4-1-2-5-14(13)17(21(15)16)11-20(22)24-19/h1-11H. The summed E-state index contributed by atoms with van der Waals surface area (Å²) in [5.41, 5.74) is 7.11. The summed E-state index contributed by atoms with van der Waals surface area (Å²) in [6.45, 7) is 0. The van der Waals surface area contributed by atoms with Gasteiger partial charge in [-0.25, -0.2) is 0 Å². The fraction of sp³-hybridized carbons (Fsp3) is 0. The molecule has 0 fully saturated rings. The highest BCUT2D eigenvalue weighted by Gasteiger charge is 2.24. The molecule has 0 saturated heterocycles. The minimum Gasteiger partial charge on any atom is -0.456 e. The summed E-state index contributed by atoms with van der Waals surface area (Å²) in [5.74, 6) is 0. The molecule has 0 spiro atoms. The van der Waals surface area contributed by atoms with E-state index in [1.54, 1.807) is 0 Å². The van der Waals surface area contributed by atoms with Gasteiger partial charge in [0.05, 0.1) is 0 Å². The van der Waals surface area contributed by atoms with Gasteiger partial charge in [-0.3, -0.25) is 0 Å². The van der Waals surface area contributed by atoms with E-state index in [-0.39, 0.29) is 0 Å². The summed E-state index contributed by atoms with van der Waals surface area (Å²) in [5, 5.41) is 4.99. The molecule has 0 amide bonds. The molecule has 0 bridgehead atoms. The molecule has 0 unspecified atom stereocenters. The van der Waals surface area contributed by atoms with Gasteiger partial charge in [-0.1, -0.05) is 58.4 Å². The average molecular weight is 371 g/mol. The zero-order chi connectivity index (χ0) is 15.8. The lowest BCUT2D eigenvalue weighted by Gasteiger charge is -2.04. The van der Waals surface area contributed by atoms with Crippen molar-refractivity contribution in [1.29, 1.82) is 0 Å². The molecular weight excluding hydrogens is 360 g/mol. The molecule has 1 heterocycles. The first kappa shape index (κ1) is 12.8. The topological polar surface area (TPSA) is 13.1 Å². The second kappa shape index (κ2) is 4.28. The van der Waals surface area contributed by atoms with Crippen LogP contribution in [-0.2, 0) is 0 Å². The van der Waals surface area contributed by atoms with Crippen LogP contribution >= 0.6 is 15.9 Å². The fourth-order valence-electron chi connectivity index (χ4n) is 4.11. The third-order valence-electron chi connectivity index (χ3n) is 5.06. The smallest absolute Gasteiger partial charge is 0.136 e. The normalized spacial score (nSPS) is 12.4. The lowest BCUT2D eigenvalue weighted by Crippen LogP contribution is -1.78. The van der Waals surface area contributed by atoms with Crippen LogP contribution < -0.4 is 0 Å². The van der Waals surface area contributed by atoms with Crippen LogP contribution in [0.1, 0.15) is 0 Å². The quantitative estimate of drug-likeness (QED) is 0.276. The van der Waals surface area contributed by atoms with E-state index in [9.17, 15) is 0 Å². The van der Waals surface area contributed by atoms with Crippen LogP contribution in [0.3, 0.4) is 0 Å². The molecule has 0 saturated carbocycles. The number of halogens is 1. The molecule has 0 N–H and O–H groups in total. The highest BCUT2D eigenvalue weighted by molar-refractivity contribution is 9.10. The van der Waals surface area contributed by atoms with E-state index in [4.69, 9.17) is 4.42 Å². The Hall–Kier alpha value is -2.58. The Morgan fingerprint density at radius 2 is 1.38 bits per heavy atom. The first-order chi connectivity index (χ1) is 11.8. The molecule has 0 aliphatic heterocycles. The predicted molar refractivity (Wildman–Crippen MR) is 103 cm³/mol. The van der Waals surface area contributed by atoms with Gasteiger partial charge < -0.3 is 4.42 Å². The monoisotopic (exact) mass is 370 g/mol. The van der Waals surface area contributed by atoms with Crippen molar-refractivity contribution in [2.45, 2.75) is 0 Å². The molecule has 2 heteroatoms. The number of benzene rings is 4. The first-order valence-corrected chi connectivity index (χ1v) is 8.78. The number of fused-ring (bicyclic) bond motifs is 7. The van der Waals surface area contributed by atoms with E-state index in [0.717, 1.165) is 15.6 Å². The van der Waals surface area contributed by atoms with Crippen LogP contribution in [0.2, 0.25) is 0 Å². The van der Waals surface area contributed by atoms with E-state index in [1.165, 1.54) is 43.8 Å². The molecule has 24 heavy (non-hydrogen) atoms. The second-order valence-corrected chi connectivity index (χ2v) is 7.23. The maximum Gasteiger partial charge on any atom is 0.136 e. The summed E-state index contributed by atoms with van der Waals surface area (Å²) in [6, 6.07) is 23.6. The Labute approximate surface area is 146 Å². The molecule has 1 aliphatic carbocycles. The molecule has 112 valence electrons. The van der Waals surface area contributed by atoms with E-state index < -0.39 is 0 Å². The van der Waals surface area contributed by atoms with E-state index in [0.29, 0.717) is 0 Å². The third kappa shape index (κ3) is 1.45. The summed E-state index contributed by atoms with van der Waals surface area (Å²) >= 11 is 3.59. The summed E-state index contributed by atoms with van der Waals surface area (Å²) < 4.78 is 7.25. The van der Waals surface area contributed by atoms with Crippen molar-refractivity contribution >= 4 is 48.6 Å². The first-order valence-electron chi connectivity index (χ1n) is 7.98. The molecule has 1 nitrogen and oxygen atoms in total. The van der Waals surface area contributed by atoms with Gasteiger partial charge in [0.25, 0.3) is 0 Å². The van der Waals surface area contributed by atoms with Gasteiger partial charge in [-0.05, 0) is 57.3 Å². The van der Waals surface area contributed by atoms with Crippen molar-refractivity contribution in [1.82, 2.24) is 0 Å². The average Bonchev–Trinajstić information content (AvgIpc) is 3.13. The largest absolute Gasteiger partial charge is 0.456 e. The number of rotatable bonds is 0. The van der Waals surface area contributed by atoms with E-state index in [2.05, 4.69) is 70.5 Å². The molecule has 0 atom stereocenters. The molecule has 1 aromatic heterocycles. The lowest BCUT2D eigenvalue weighted by molar-refractivity contribution is 0.669. The highest BCUT2D eigenvalue weighted by atomic mass is 79.9. The number of furan rings is 1. The Kier molecular flexibility index (Phi) is 2.28. The molecule has 6 rings (SSSR count). The molecule has 4 aromatic carbocycles. The van der Waals surface area contributed by atoms with E-state index >= 15 is 0 Å². The van der Waals surface area contributed by atoms with Crippen molar-refractivity contribution in [3.05, 3.63) is 71.2 Å². The zero-order valence-corrected chi connectivity index (χ0v) is 14.2. The number of hydrogen-bond donors (Lipinski definition) is 0. The molecular formula is C22H11BrO. The zero-order valence-electron chi connectivity index (χ0n) is 12.6. The van der Waals surface area contributed by atoms with Crippen molar-refractivity contribution in [3.63, 3.8) is 0 Å². The minimum absolute atomic E-state index is 0.936. The maximum absolute atomic E-state index is 6.18. The minimum atomic E-state index is 0.936. The molecule has 1 aliphatic rings. The Balaban J connectivity index is 1.92. The van der Waals surface area contributed by atoms with Crippen molar-refractivity contribution < 1.29 is 4.42 Å². The molecule has 0 radical (unpaired) electrons. The van der Waals surface area contributed by atoms with Crippen molar-refractivity contribution in [2.24, 2.45) is 0 Å². The van der Waals surface area contributed by atoms with Crippen LogP contribution in [0.5, 0.6) is 0 Å². The number of hydrogen-bond acceptors (Lipinski definition) is 1. The van der Waals surface area contributed by atoms with E-state index in [1.807, 2.05) is 12.1 Å². The van der Waals surface area contributed by atoms with Crippen LogP contribution in [-0.4, -0.2) is 0 Å². The van der Waals surface area contributed by atoms with Crippen LogP contribution in [0.4, 0.5) is 0 Å². The second-order valence-electron chi connectivity index (χ2n) is 6.31. The van der Waals surface area contributed by atoms with Gasteiger partial charge in [-0.2, -0.15) is 0 Å². The van der Waals surface area contributed by atoms with Crippen LogP contribution in [0, 0.1) is 0 Å². The van der Waals surface area contributed by atoms with Gasteiger partial charge in [0.15, 0.2) is 0 Å². The Morgan fingerprint density at radius 1 is 0.583 bits per heavy atom. The fourth-order valence-corrected chi connectivity index (χ4v) is 4.47. The SMILES string of the molecule is Brc1ccc2oc3cc4c5c(cccc5c3c2c1)-c1ccccc1-4. The van der Waals surface area contributed by atoms with Crippen LogP contribution in [0.15, 0.2) is 75.6 Å². The van der Waals surface area contributed by atoms with Crippen molar-refractivity contribution in [2.75, 3.05) is 0 Å². The maximum atomic E-state index is 6.18. The summed E-state index contributed by atoms with van der Waals surface area (Å²) in [4.78, 5) is 0. The van der Waals surface area contributed by atoms with Crippen molar-refractivity contribution in [3.8, 4) is 22.3 Å². The third-order valence-corrected chi connectivity index (χ3v) is 5.56. The lowest BCUT2D eigenvalue weighted by atomic mass is 9.98. The van der Waals surface area contributed by atoms with Gasteiger partial charge in [0.1, 0.15) is 11.2 Å². The summed E-state index contributed by atoms with van der Waals surface area (Å²) in [7, 11) is 0. The predicted octanol–water partition coefficient (Wildman–Crippen LogP) is 7.15. The molecule has 5 aromatic rings. The Morgan fingerprint density at radius 3 is 2.25 bits per heavy atom. The van der Waals surface area contributed by atoms with Gasteiger partial charge in [0.2, 0.25) is 0 Å². The summed E-state index contributed by atoms with van der Waals surface area (Å²) in [6.07, 6.45) is 0. The Bertz CT molecular complexity index is 1310. The van der Waals surface area contributed by atoms with Gasteiger partial charge in [0, 0.05) is 15.2 Å². The highest BCUT2D eigenvalue weighted by Crippen LogP contribution is 2.50. The van der Waals surface area contributed by atoms with Gasteiger partial charge >= 0.3 is 0 Å². The van der Waals surface area contributed by atoms with Gasteiger partial charge in [-0.15, -0.1) is 0 Å².